The van der Waals surface area contributed by atoms with Crippen LogP contribution in [0.2, 0.25) is 0 Å². The first kappa shape index (κ1) is 28.8. The molecule has 0 unspecified atom stereocenters. The zero-order valence-electron chi connectivity index (χ0n) is 17.1. The molecule has 0 atom stereocenters. The van der Waals surface area contributed by atoms with Crippen molar-refractivity contribution in [1.29, 1.82) is 0 Å². The van der Waals surface area contributed by atoms with Gasteiger partial charge in [0.2, 0.25) is 5.41 Å². The molecule has 0 bridgehead atoms. The molecule has 0 radical (unpaired) electrons. The number of carbonyl (C=O) groups is 1. The van der Waals surface area contributed by atoms with E-state index < -0.39 is 90.9 Å². The molecule has 1 aliphatic carbocycles. The average molecular weight is 498 g/mol. The van der Waals surface area contributed by atoms with Gasteiger partial charge in [-0.05, 0) is 38.0 Å². The molecular formula is C18H22F12O2. The van der Waals surface area contributed by atoms with Gasteiger partial charge in [0.15, 0.2) is 5.78 Å². The minimum absolute atomic E-state index is 0.434. The van der Waals surface area contributed by atoms with Gasteiger partial charge in [-0.2, -0.15) is 52.7 Å². The van der Waals surface area contributed by atoms with Gasteiger partial charge in [-0.3, -0.25) is 4.79 Å². The van der Waals surface area contributed by atoms with E-state index in [0.717, 1.165) is 13.8 Å². The quantitative estimate of drug-likeness (QED) is 0.425. The smallest absolute Gasteiger partial charge is 0.373 e. The topological polar surface area (TPSA) is 37.3 Å². The van der Waals surface area contributed by atoms with Crippen LogP contribution in [0.5, 0.6) is 0 Å². The summed E-state index contributed by atoms with van der Waals surface area (Å²) in [6.07, 6.45) is -31.2. The maximum atomic E-state index is 13.9. The van der Waals surface area contributed by atoms with Crippen LogP contribution in [0.25, 0.3) is 0 Å². The predicted octanol–water partition coefficient (Wildman–Crippen LogP) is 6.76. The van der Waals surface area contributed by atoms with E-state index in [-0.39, 0.29) is 0 Å². The van der Waals surface area contributed by atoms with Crippen molar-refractivity contribution in [2.45, 2.75) is 83.2 Å². The number of carbonyl (C=O) groups excluding carboxylic acids is 1. The molecule has 1 saturated carbocycles. The van der Waals surface area contributed by atoms with Crippen molar-refractivity contribution in [1.82, 2.24) is 0 Å². The molecule has 0 aromatic carbocycles. The van der Waals surface area contributed by atoms with Crippen LogP contribution in [0.1, 0.15) is 52.9 Å². The molecule has 1 aliphatic rings. The number of hydrogen-bond acceptors (Lipinski definition) is 2. The molecule has 0 amide bonds. The molecular weight excluding hydrogens is 476 g/mol. The molecule has 1 fully saturated rings. The summed E-state index contributed by atoms with van der Waals surface area (Å²) in [5.41, 5.74) is -12.4. The number of Topliss-reactive ketones (excluding diaryl/α,β-unsaturated/α-hetero) is 1. The third-order valence-corrected chi connectivity index (χ3v) is 6.55. The van der Waals surface area contributed by atoms with Gasteiger partial charge in [0.05, 0.1) is 0 Å². The van der Waals surface area contributed by atoms with E-state index >= 15 is 0 Å². The Kier molecular flexibility index (Phi) is 7.41. The van der Waals surface area contributed by atoms with Crippen LogP contribution in [0.15, 0.2) is 0 Å². The Bertz CT molecular complexity index is 648. The third-order valence-electron chi connectivity index (χ3n) is 6.55. The van der Waals surface area contributed by atoms with E-state index in [0.29, 0.717) is 0 Å². The highest BCUT2D eigenvalue weighted by atomic mass is 19.4. The Balaban J connectivity index is 3.54. The minimum atomic E-state index is -6.27. The Hall–Kier alpha value is -1.21. The van der Waals surface area contributed by atoms with Crippen molar-refractivity contribution >= 4 is 5.78 Å². The lowest BCUT2D eigenvalue weighted by Gasteiger charge is -2.49. The zero-order chi connectivity index (χ0) is 25.8. The molecule has 2 nitrogen and oxygen atoms in total. The molecule has 1 N–H and O–H groups in total. The lowest BCUT2D eigenvalue weighted by Crippen LogP contribution is -2.65. The van der Waals surface area contributed by atoms with Crippen LogP contribution in [0, 0.1) is 22.7 Å². The summed E-state index contributed by atoms with van der Waals surface area (Å²) in [7, 11) is 0. The summed E-state index contributed by atoms with van der Waals surface area (Å²) >= 11 is 0. The van der Waals surface area contributed by atoms with Crippen molar-refractivity contribution in [2.75, 3.05) is 0 Å². The highest BCUT2D eigenvalue weighted by Crippen LogP contribution is 2.63. The van der Waals surface area contributed by atoms with Gasteiger partial charge in [-0.15, -0.1) is 0 Å². The van der Waals surface area contributed by atoms with Crippen LogP contribution < -0.4 is 0 Å². The van der Waals surface area contributed by atoms with E-state index in [9.17, 15) is 62.6 Å². The molecule has 0 aromatic heterocycles. The summed E-state index contributed by atoms with van der Waals surface area (Å²) < 4.78 is 162. The first-order valence-corrected chi connectivity index (χ1v) is 9.47. The van der Waals surface area contributed by atoms with E-state index in [1.807, 2.05) is 0 Å². The van der Waals surface area contributed by atoms with Crippen molar-refractivity contribution < 1.29 is 62.6 Å². The van der Waals surface area contributed by atoms with E-state index in [2.05, 4.69) is 0 Å². The number of halogens is 12. The second kappa shape index (κ2) is 8.23. The zero-order valence-corrected chi connectivity index (χ0v) is 17.1. The van der Waals surface area contributed by atoms with E-state index in [1.165, 1.54) is 6.92 Å². The summed E-state index contributed by atoms with van der Waals surface area (Å²) in [6.45, 7) is 2.86. The van der Waals surface area contributed by atoms with Crippen molar-refractivity contribution in [3.8, 4) is 0 Å². The van der Waals surface area contributed by atoms with Crippen LogP contribution in [-0.4, -0.2) is 41.2 Å². The van der Waals surface area contributed by atoms with Crippen LogP contribution in [0.3, 0.4) is 0 Å². The highest BCUT2D eigenvalue weighted by molar-refractivity contribution is 5.91. The molecule has 1 rings (SSSR count). The SMILES string of the molecule is CCC(C)(C)C(=O)C(C1CCC(C(O)(C(F)(F)F)C(F)(F)F)CC1)(C(F)(F)F)C(F)(F)F. The van der Waals surface area contributed by atoms with Gasteiger partial charge in [-0.25, -0.2) is 0 Å². The number of aliphatic hydroxyl groups is 1. The molecule has 0 heterocycles. The summed E-state index contributed by atoms with van der Waals surface area (Å²) in [5, 5.41) is 9.43. The largest absolute Gasteiger partial charge is 0.426 e. The highest BCUT2D eigenvalue weighted by Gasteiger charge is 2.80. The van der Waals surface area contributed by atoms with Crippen molar-refractivity contribution in [3.63, 3.8) is 0 Å². The van der Waals surface area contributed by atoms with Gasteiger partial charge in [0.1, 0.15) is 0 Å². The van der Waals surface area contributed by atoms with Crippen LogP contribution in [-0.2, 0) is 4.79 Å². The number of rotatable bonds is 5. The molecule has 0 aromatic rings. The normalized spacial score (nSPS) is 22.8. The lowest BCUT2D eigenvalue weighted by atomic mass is 9.57. The summed E-state index contributed by atoms with van der Waals surface area (Å²) in [6, 6.07) is 0. The van der Waals surface area contributed by atoms with Crippen molar-refractivity contribution in [2.24, 2.45) is 22.7 Å². The average Bonchev–Trinajstić information content (AvgIpc) is 2.57. The second-order valence-electron chi connectivity index (χ2n) is 8.68. The second-order valence-corrected chi connectivity index (χ2v) is 8.68. The Morgan fingerprint density at radius 1 is 0.688 bits per heavy atom. The van der Waals surface area contributed by atoms with Crippen LogP contribution in [0.4, 0.5) is 52.7 Å². The lowest BCUT2D eigenvalue weighted by molar-refractivity contribution is -0.390. The van der Waals surface area contributed by atoms with E-state index in [4.69, 9.17) is 0 Å². The van der Waals surface area contributed by atoms with Gasteiger partial charge >= 0.3 is 24.7 Å². The van der Waals surface area contributed by atoms with Gasteiger partial charge < -0.3 is 5.11 Å². The fourth-order valence-corrected chi connectivity index (χ4v) is 4.33. The monoisotopic (exact) mass is 498 g/mol. The fourth-order valence-electron chi connectivity index (χ4n) is 4.33. The Labute approximate surface area is 175 Å². The van der Waals surface area contributed by atoms with Gasteiger partial charge in [0.25, 0.3) is 5.60 Å². The first-order valence-electron chi connectivity index (χ1n) is 9.47. The van der Waals surface area contributed by atoms with Crippen LogP contribution >= 0.6 is 0 Å². The first-order chi connectivity index (χ1) is 13.9. The predicted molar refractivity (Wildman–Crippen MR) is 86.1 cm³/mol. The number of hydrogen-bond donors (Lipinski definition) is 1. The fraction of sp³-hybridized carbons (Fsp3) is 0.944. The molecule has 0 saturated heterocycles. The summed E-state index contributed by atoms with van der Waals surface area (Å²) in [4.78, 5) is 12.7. The molecule has 32 heavy (non-hydrogen) atoms. The minimum Gasteiger partial charge on any atom is -0.373 e. The molecule has 0 aliphatic heterocycles. The molecule has 190 valence electrons. The van der Waals surface area contributed by atoms with Gasteiger partial charge in [-0.1, -0.05) is 20.8 Å². The standard InChI is InChI=1S/C18H22F12O2/c1-4-12(2,3)11(31)13(15(19,20)21,16(22,23)24)9-5-7-10(8-6-9)14(32,17(25,26)27)18(28,29)30/h9-10,32H,4-8H2,1-3H3. The maximum Gasteiger partial charge on any atom is 0.426 e. The number of alkyl halides is 12. The van der Waals surface area contributed by atoms with Crippen molar-refractivity contribution in [3.05, 3.63) is 0 Å². The molecule has 14 heteroatoms. The molecule has 0 spiro atoms. The summed E-state index contributed by atoms with van der Waals surface area (Å²) in [5.74, 6) is -7.63. The Morgan fingerprint density at radius 3 is 1.25 bits per heavy atom. The third kappa shape index (κ3) is 4.31. The maximum absolute atomic E-state index is 13.9. The van der Waals surface area contributed by atoms with Gasteiger partial charge in [0, 0.05) is 11.3 Å². The van der Waals surface area contributed by atoms with E-state index in [1.54, 1.807) is 0 Å². The number of ketones is 1. The Morgan fingerprint density at radius 2 is 1.00 bits per heavy atom.